The van der Waals surface area contributed by atoms with E-state index in [0.29, 0.717) is 6.04 Å². The number of aryl methyl sites for hydroxylation is 1. The minimum Gasteiger partial charge on any atom is -0.472 e. The summed E-state index contributed by atoms with van der Waals surface area (Å²) in [6.07, 6.45) is 8.35. The van der Waals surface area contributed by atoms with Gasteiger partial charge in [-0.1, -0.05) is 6.92 Å². The van der Waals surface area contributed by atoms with Crippen molar-refractivity contribution in [3.05, 3.63) is 34.7 Å². The third-order valence-electron chi connectivity index (χ3n) is 3.91. The van der Waals surface area contributed by atoms with Gasteiger partial charge in [-0.2, -0.15) is 0 Å². The van der Waals surface area contributed by atoms with Crippen molar-refractivity contribution in [1.29, 1.82) is 0 Å². The molecular weight excluding hydrogens is 282 g/mol. The molecule has 114 valence electrons. The van der Waals surface area contributed by atoms with E-state index in [0.717, 1.165) is 18.2 Å². The van der Waals surface area contributed by atoms with Gasteiger partial charge in [0.1, 0.15) is 0 Å². The third-order valence-corrected chi connectivity index (χ3v) is 5.16. The number of anilines is 1. The lowest BCUT2D eigenvalue weighted by molar-refractivity contribution is 0.454. The van der Waals surface area contributed by atoms with Crippen molar-refractivity contribution in [3.8, 4) is 0 Å². The highest BCUT2D eigenvalue weighted by Crippen LogP contribution is 2.36. The van der Waals surface area contributed by atoms with Gasteiger partial charge in [0.15, 0.2) is 5.13 Å². The summed E-state index contributed by atoms with van der Waals surface area (Å²) in [5.41, 5.74) is 2.47. The highest BCUT2D eigenvalue weighted by Gasteiger charge is 2.25. The van der Waals surface area contributed by atoms with Crippen molar-refractivity contribution in [1.82, 2.24) is 10.3 Å². The molecule has 1 atom stereocenters. The standard InChI is InChI=1S/C16H23N3OS/c1-3-8-17-13-5-4-6-14-15(13)18-16(21-14)19(2)10-12-7-9-20-11-12/h7,9,11,13,17H,3-6,8,10H2,1-2H3. The van der Waals surface area contributed by atoms with Crippen LogP contribution >= 0.6 is 11.3 Å². The van der Waals surface area contributed by atoms with E-state index >= 15 is 0 Å². The van der Waals surface area contributed by atoms with Gasteiger partial charge in [0.25, 0.3) is 0 Å². The highest BCUT2D eigenvalue weighted by molar-refractivity contribution is 7.15. The summed E-state index contributed by atoms with van der Waals surface area (Å²) in [5, 5.41) is 4.75. The quantitative estimate of drug-likeness (QED) is 0.882. The van der Waals surface area contributed by atoms with Crippen molar-refractivity contribution < 1.29 is 4.42 Å². The fraction of sp³-hybridized carbons (Fsp3) is 0.562. The van der Waals surface area contributed by atoms with Crippen LogP contribution in [0.5, 0.6) is 0 Å². The molecule has 1 N–H and O–H groups in total. The smallest absolute Gasteiger partial charge is 0.185 e. The Labute approximate surface area is 130 Å². The summed E-state index contributed by atoms with van der Waals surface area (Å²) in [6, 6.07) is 2.45. The molecule has 1 aliphatic carbocycles. The van der Waals surface area contributed by atoms with Crippen LogP contribution in [0.2, 0.25) is 0 Å². The van der Waals surface area contributed by atoms with E-state index in [4.69, 9.17) is 9.40 Å². The molecule has 0 aromatic carbocycles. The number of fused-ring (bicyclic) bond motifs is 1. The van der Waals surface area contributed by atoms with Crippen LogP contribution in [0, 0.1) is 0 Å². The maximum Gasteiger partial charge on any atom is 0.185 e. The van der Waals surface area contributed by atoms with Crippen LogP contribution in [0.4, 0.5) is 5.13 Å². The van der Waals surface area contributed by atoms with Crippen LogP contribution in [0.25, 0.3) is 0 Å². The first kappa shape index (κ1) is 14.6. The Morgan fingerprint density at radius 3 is 3.19 bits per heavy atom. The van der Waals surface area contributed by atoms with E-state index in [1.807, 2.05) is 17.4 Å². The summed E-state index contributed by atoms with van der Waals surface area (Å²) < 4.78 is 5.14. The second kappa shape index (κ2) is 6.62. The molecule has 0 saturated carbocycles. The van der Waals surface area contributed by atoms with Gasteiger partial charge in [-0.3, -0.25) is 0 Å². The summed E-state index contributed by atoms with van der Waals surface area (Å²) in [4.78, 5) is 8.59. The number of aromatic nitrogens is 1. The largest absolute Gasteiger partial charge is 0.472 e. The van der Waals surface area contributed by atoms with Crippen molar-refractivity contribution >= 4 is 16.5 Å². The Morgan fingerprint density at radius 2 is 2.43 bits per heavy atom. The van der Waals surface area contributed by atoms with E-state index in [2.05, 4.69) is 24.2 Å². The van der Waals surface area contributed by atoms with Gasteiger partial charge in [-0.05, 0) is 38.3 Å². The molecule has 0 bridgehead atoms. The summed E-state index contributed by atoms with van der Waals surface area (Å²) >= 11 is 1.85. The molecule has 4 nitrogen and oxygen atoms in total. The summed E-state index contributed by atoms with van der Waals surface area (Å²) in [5.74, 6) is 0. The number of rotatable bonds is 6. The fourth-order valence-corrected chi connectivity index (χ4v) is 3.93. The molecule has 5 heteroatoms. The SMILES string of the molecule is CCCNC1CCCc2sc(N(C)Cc3ccoc3)nc21. The van der Waals surface area contributed by atoms with Crippen molar-refractivity contribution in [2.24, 2.45) is 0 Å². The lowest BCUT2D eigenvalue weighted by Gasteiger charge is -2.22. The Balaban J connectivity index is 1.74. The maximum absolute atomic E-state index is 5.14. The predicted octanol–water partition coefficient (Wildman–Crippen LogP) is 3.75. The fourth-order valence-electron chi connectivity index (χ4n) is 2.81. The molecule has 1 aliphatic rings. The minimum absolute atomic E-state index is 0.445. The summed E-state index contributed by atoms with van der Waals surface area (Å²) in [6.45, 7) is 4.12. The van der Waals surface area contributed by atoms with Gasteiger partial charge in [0.2, 0.25) is 0 Å². The molecule has 2 heterocycles. The zero-order valence-electron chi connectivity index (χ0n) is 12.8. The first-order valence-corrected chi connectivity index (χ1v) is 8.54. The first-order chi connectivity index (χ1) is 10.3. The van der Waals surface area contributed by atoms with Crippen LogP contribution in [0.15, 0.2) is 23.0 Å². The van der Waals surface area contributed by atoms with E-state index in [-0.39, 0.29) is 0 Å². The van der Waals surface area contributed by atoms with Gasteiger partial charge in [0, 0.05) is 24.0 Å². The number of hydrogen-bond acceptors (Lipinski definition) is 5. The van der Waals surface area contributed by atoms with Crippen molar-refractivity contribution in [3.63, 3.8) is 0 Å². The van der Waals surface area contributed by atoms with Crippen LogP contribution < -0.4 is 10.2 Å². The molecule has 0 amide bonds. The highest BCUT2D eigenvalue weighted by atomic mass is 32.1. The van der Waals surface area contributed by atoms with Crippen molar-refractivity contribution in [2.45, 2.75) is 45.2 Å². The molecule has 3 rings (SSSR count). The number of hydrogen-bond donors (Lipinski definition) is 1. The third kappa shape index (κ3) is 3.30. The molecule has 2 aromatic heterocycles. The topological polar surface area (TPSA) is 41.3 Å². The van der Waals surface area contributed by atoms with Crippen LogP contribution in [0.1, 0.15) is 48.4 Å². The number of thiazole rings is 1. The van der Waals surface area contributed by atoms with Gasteiger partial charge >= 0.3 is 0 Å². The Morgan fingerprint density at radius 1 is 1.52 bits per heavy atom. The maximum atomic E-state index is 5.14. The van der Waals surface area contributed by atoms with Gasteiger partial charge in [-0.15, -0.1) is 11.3 Å². The van der Waals surface area contributed by atoms with Gasteiger partial charge in [0.05, 0.1) is 24.3 Å². The zero-order chi connectivity index (χ0) is 14.7. The minimum atomic E-state index is 0.445. The predicted molar refractivity (Wildman–Crippen MR) is 86.9 cm³/mol. The molecule has 0 saturated heterocycles. The molecular formula is C16H23N3OS. The number of nitrogens with zero attached hydrogens (tertiary/aromatic N) is 2. The lowest BCUT2D eigenvalue weighted by Crippen LogP contribution is -2.25. The Hall–Kier alpha value is -1.33. The molecule has 2 aromatic rings. The molecule has 0 fully saturated rings. The van der Waals surface area contributed by atoms with Crippen LogP contribution in [-0.4, -0.2) is 18.6 Å². The van der Waals surface area contributed by atoms with Gasteiger partial charge in [-0.25, -0.2) is 4.98 Å². The van der Waals surface area contributed by atoms with E-state index in [1.165, 1.54) is 41.8 Å². The molecule has 0 spiro atoms. The van der Waals surface area contributed by atoms with Gasteiger partial charge < -0.3 is 14.6 Å². The Kier molecular flexibility index (Phi) is 4.60. The molecule has 1 unspecified atom stereocenters. The van der Waals surface area contributed by atoms with E-state index in [1.54, 1.807) is 12.5 Å². The molecule has 21 heavy (non-hydrogen) atoms. The lowest BCUT2D eigenvalue weighted by atomic mass is 9.97. The number of nitrogens with one attached hydrogen (secondary N) is 1. The summed E-state index contributed by atoms with van der Waals surface area (Å²) in [7, 11) is 2.10. The van der Waals surface area contributed by atoms with E-state index in [9.17, 15) is 0 Å². The van der Waals surface area contributed by atoms with Crippen LogP contribution in [-0.2, 0) is 13.0 Å². The van der Waals surface area contributed by atoms with Crippen LogP contribution in [0.3, 0.4) is 0 Å². The zero-order valence-corrected chi connectivity index (χ0v) is 13.6. The second-order valence-corrected chi connectivity index (χ2v) is 6.75. The Bertz CT molecular complexity index is 564. The molecule has 0 aliphatic heterocycles. The van der Waals surface area contributed by atoms with E-state index < -0.39 is 0 Å². The number of furan rings is 1. The average Bonchev–Trinajstić information content (AvgIpc) is 3.13. The second-order valence-electron chi connectivity index (χ2n) is 5.69. The monoisotopic (exact) mass is 305 g/mol. The first-order valence-electron chi connectivity index (χ1n) is 7.73. The van der Waals surface area contributed by atoms with Crippen molar-refractivity contribution in [2.75, 3.05) is 18.5 Å². The molecule has 0 radical (unpaired) electrons. The normalized spacial score (nSPS) is 17.7. The average molecular weight is 305 g/mol.